The molecule has 1 saturated heterocycles. The fourth-order valence-electron chi connectivity index (χ4n) is 3.86. The second-order valence-electron chi connectivity index (χ2n) is 7.48. The number of carbonyl (C=O) groups is 1. The number of carbonyl (C=O) groups excluding carboxylic acids is 1. The van der Waals surface area contributed by atoms with Gasteiger partial charge in [0.1, 0.15) is 0 Å². The van der Waals surface area contributed by atoms with Crippen LogP contribution in [0.4, 0.5) is 5.69 Å². The molecule has 154 valence electrons. The highest BCUT2D eigenvalue weighted by molar-refractivity contribution is 7.92. The summed E-state index contributed by atoms with van der Waals surface area (Å²) in [7, 11) is -3.65. The van der Waals surface area contributed by atoms with Crippen molar-refractivity contribution in [2.24, 2.45) is 0 Å². The summed E-state index contributed by atoms with van der Waals surface area (Å²) >= 11 is 0. The first kappa shape index (κ1) is 20.2. The highest BCUT2D eigenvalue weighted by atomic mass is 32.2. The lowest BCUT2D eigenvalue weighted by Gasteiger charge is -2.25. The number of hydrogen-bond acceptors (Lipinski definition) is 3. The summed E-state index contributed by atoms with van der Waals surface area (Å²) in [5, 5.41) is 0. The van der Waals surface area contributed by atoms with Crippen LogP contribution >= 0.6 is 0 Å². The Morgan fingerprint density at radius 1 is 0.900 bits per heavy atom. The molecule has 4 rings (SSSR count). The van der Waals surface area contributed by atoms with Crippen LogP contribution in [0.15, 0.2) is 89.8 Å². The van der Waals surface area contributed by atoms with E-state index >= 15 is 0 Å². The molecule has 3 aromatic rings. The van der Waals surface area contributed by atoms with Gasteiger partial charge >= 0.3 is 0 Å². The normalized spacial score (nSPS) is 16.4. The average molecular weight is 421 g/mol. The molecule has 1 fully saturated rings. The Hall–Kier alpha value is -3.12. The van der Waals surface area contributed by atoms with Crippen LogP contribution in [0.3, 0.4) is 0 Å². The number of benzene rings is 3. The van der Waals surface area contributed by atoms with Crippen LogP contribution in [0.2, 0.25) is 0 Å². The van der Waals surface area contributed by atoms with Gasteiger partial charge in [-0.3, -0.25) is 9.52 Å². The van der Waals surface area contributed by atoms with Crippen molar-refractivity contribution < 1.29 is 13.2 Å². The minimum Gasteiger partial charge on any atom is -0.335 e. The van der Waals surface area contributed by atoms with Gasteiger partial charge in [-0.2, -0.15) is 0 Å². The molecule has 1 aliphatic rings. The van der Waals surface area contributed by atoms with E-state index < -0.39 is 10.0 Å². The number of likely N-dealkylation sites (tertiary alicyclic amines) is 1. The first-order chi connectivity index (χ1) is 14.5. The minimum atomic E-state index is -3.65. The van der Waals surface area contributed by atoms with Crippen molar-refractivity contribution in [3.63, 3.8) is 0 Å². The number of amides is 1. The maximum Gasteiger partial charge on any atom is 0.261 e. The third-order valence-electron chi connectivity index (χ3n) is 5.39. The van der Waals surface area contributed by atoms with E-state index in [-0.39, 0.29) is 16.8 Å². The highest BCUT2D eigenvalue weighted by Crippen LogP contribution is 2.24. The van der Waals surface area contributed by atoms with E-state index in [9.17, 15) is 13.2 Å². The summed E-state index contributed by atoms with van der Waals surface area (Å²) < 4.78 is 27.5. The summed E-state index contributed by atoms with van der Waals surface area (Å²) in [6, 6.07) is 25.3. The van der Waals surface area contributed by atoms with Gasteiger partial charge in [0.25, 0.3) is 15.9 Å². The lowest BCUT2D eigenvalue weighted by Crippen LogP contribution is -2.36. The largest absolute Gasteiger partial charge is 0.335 e. The molecular weight excluding hydrogens is 396 g/mol. The van der Waals surface area contributed by atoms with Crippen LogP contribution in [-0.2, 0) is 16.4 Å². The third-order valence-corrected chi connectivity index (χ3v) is 6.79. The molecule has 6 heteroatoms. The zero-order valence-electron chi connectivity index (χ0n) is 16.6. The molecule has 0 aromatic heterocycles. The van der Waals surface area contributed by atoms with Gasteiger partial charge < -0.3 is 4.90 Å². The molecule has 3 aromatic carbocycles. The summed E-state index contributed by atoms with van der Waals surface area (Å²) in [5.41, 5.74) is 2.23. The van der Waals surface area contributed by atoms with Gasteiger partial charge in [-0.05, 0) is 61.2 Å². The first-order valence-corrected chi connectivity index (χ1v) is 11.5. The molecule has 0 aliphatic carbocycles. The van der Waals surface area contributed by atoms with Crippen LogP contribution in [-0.4, -0.2) is 31.8 Å². The zero-order chi connectivity index (χ0) is 21.0. The maximum absolute atomic E-state index is 13.1. The smallest absolute Gasteiger partial charge is 0.261 e. The Bertz CT molecular complexity index is 1100. The second-order valence-corrected chi connectivity index (χ2v) is 9.16. The van der Waals surface area contributed by atoms with E-state index in [2.05, 4.69) is 16.9 Å². The number of nitrogens with one attached hydrogen (secondary N) is 1. The van der Waals surface area contributed by atoms with Gasteiger partial charge in [0, 0.05) is 23.8 Å². The molecular formula is C24H24N2O3S. The third kappa shape index (κ3) is 4.54. The van der Waals surface area contributed by atoms with Gasteiger partial charge in [0.05, 0.1) is 4.90 Å². The Kier molecular flexibility index (Phi) is 5.86. The van der Waals surface area contributed by atoms with Gasteiger partial charge in [-0.15, -0.1) is 0 Å². The molecule has 0 radical (unpaired) electrons. The zero-order valence-corrected chi connectivity index (χ0v) is 17.4. The van der Waals surface area contributed by atoms with Crippen molar-refractivity contribution in [3.8, 4) is 0 Å². The topological polar surface area (TPSA) is 66.5 Å². The molecule has 1 N–H and O–H groups in total. The summed E-state index contributed by atoms with van der Waals surface area (Å²) in [6.45, 7) is 0.749. The Balaban J connectivity index is 1.45. The number of rotatable bonds is 6. The van der Waals surface area contributed by atoms with Gasteiger partial charge in [-0.1, -0.05) is 48.5 Å². The molecule has 0 spiro atoms. The van der Waals surface area contributed by atoms with Crippen molar-refractivity contribution in [2.45, 2.75) is 30.2 Å². The molecule has 0 unspecified atom stereocenters. The van der Waals surface area contributed by atoms with E-state index in [4.69, 9.17) is 0 Å². The summed E-state index contributed by atoms with van der Waals surface area (Å²) in [5.74, 6) is -0.00843. The molecule has 1 atom stereocenters. The second kappa shape index (κ2) is 8.71. The molecule has 1 aliphatic heterocycles. The van der Waals surface area contributed by atoms with Crippen LogP contribution < -0.4 is 4.72 Å². The molecule has 1 heterocycles. The lowest BCUT2D eigenvalue weighted by molar-refractivity contribution is 0.0736. The average Bonchev–Trinajstić information content (AvgIpc) is 3.23. The Labute approximate surface area is 177 Å². The molecule has 0 bridgehead atoms. The lowest BCUT2D eigenvalue weighted by atomic mass is 10.0. The maximum atomic E-state index is 13.1. The van der Waals surface area contributed by atoms with Crippen molar-refractivity contribution in [3.05, 3.63) is 96.1 Å². The molecule has 30 heavy (non-hydrogen) atoms. The monoisotopic (exact) mass is 420 g/mol. The van der Waals surface area contributed by atoms with Crippen LogP contribution in [0.25, 0.3) is 0 Å². The van der Waals surface area contributed by atoms with Crippen molar-refractivity contribution >= 4 is 21.6 Å². The van der Waals surface area contributed by atoms with Gasteiger partial charge in [0.2, 0.25) is 0 Å². The SMILES string of the molecule is O=C(c1ccc(NS(=O)(=O)c2ccccc2)cc1)N1CCC[C@H]1Cc1ccccc1. The van der Waals surface area contributed by atoms with E-state index in [0.29, 0.717) is 11.3 Å². The van der Waals surface area contributed by atoms with Crippen LogP contribution in [0.5, 0.6) is 0 Å². The van der Waals surface area contributed by atoms with E-state index in [1.807, 2.05) is 23.1 Å². The predicted octanol–water partition coefficient (Wildman–Crippen LogP) is 4.33. The highest BCUT2D eigenvalue weighted by Gasteiger charge is 2.29. The Morgan fingerprint density at radius 3 is 2.20 bits per heavy atom. The van der Waals surface area contributed by atoms with Crippen molar-refractivity contribution in [2.75, 3.05) is 11.3 Å². The molecule has 1 amide bonds. The Morgan fingerprint density at radius 2 is 1.53 bits per heavy atom. The van der Waals surface area contributed by atoms with Crippen molar-refractivity contribution in [1.29, 1.82) is 0 Å². The van der Waals surface area contributed by atoms with E-state index in [1.165, 1.54) is 5.56 Å². The first-order valence-electron chi connectivity index (χ1n) is 10.1. The quantitative estimate of drug-likeness (QED) is 0.645. The van der Waals surface area contributed by atoms with Crippen LogP contribution in [0, 0.1) is 0 Å². The van der Waals surface area contributed by atoms with Gasteiger partial charge in [-0.25, -0.2) is 8.42 Å². The van der Waals surface area contributed by atoms with E-state index in [1.54, 1.807) is 54.6 Å². The van der Waals surface area contributed by atoms with Crippen LogP contribution in [0.1, 0.15) is 28.8 Å². The molecule has 0 saturated carbocycles. The van der Waals surface area contributed by atoms with Gasteiger partial charge in [0.15, 0.2) is 0 Å². The predicted molar refractivity (Wildman–Crippen MR) is 118 cm³/mol. The standard InChI is InChI=1S/C24H24N2O3S/c27-24(26-17-7-10-22(26)18-19-8-3-1-4-9-19)20-13-15-21(16-14-20)25-30(28,29)23-11-5-2-6-12-23/h1-6,8-9,11-16,22,25H,7,10,17-18H2/t22-/m0/s1. The van der Waals surface area contributed by atoms with Crippen molar-refractivity contribution in [1.82, 2.24) is 4.90 Å². The fraction of sp³-hybridized carbons (Fsp3) is 0.208. The number of nitrogens with zero attached hydrogens (tertiary/aromatic N) is 1. The number of anilines is 1. The summed E-state index contributed by atoms with van der Waals surface area (Å²) in [6.07, 6.45) is 2.84. The van der Waals surface area contributed by atoms with E-state index in [0.717, 1.165) is 25.8 Å². The number of hydrogen-bond donors (Lipinski definition) is 1. The fourth-order valence-corrected chi connectivity index (χ4v) is 4.94. The molecule has 5 nitrogen and oxygen atoms in total. The number of sulfonamides is 1. The summed E-state index contributed by atoms with van der Waals surface area (Å²) in [4.78, 5) is 15.2. The minimum absolute atomic E-state index is 0.00843.